The van der Waals surface area contributed by atoms with Crippen LogP contribution in [0.4, 0.5) is 0 Å². The summed E-state index contributed by atoms with van der Waals surface area (Å²) >= 11 is 1.70. The van der Waals surface area contributed by atoms with Crippen LogP contribution in [-0.2, 0) is 21.8 Å². The minimum Gasteiger partial charge on any atom is -0.495 e. The van der Waals surface area contributed by atoms with Crippen molar-refractivity contribution in [1.29, 1.82) is 0 Å². The average molecular weight is 230 g/mol. The van der Waals surface area contributed by atoms with Gasteiger partial charge in [0.25, 0.3) is 0 Å². The summed E-state index contributed by atoms with van der Waals surface area (Å²) in [7, 11) is 3.19. The Bertz CT molecular complexity index is 312. The van der Waals surface area contributed by atoms with Crippen molar-refractivity contribution in [3.8, 4) is 5.75 Å². The monoisotopic (exact) mass is 230 g/mol. The summed E-state index contributed by atoms with van der Waals surface area (Å²) < 4.78 is 5.41. The van der Waals surface area contributed by atoms with Crippen LogP contribution < -0.4 is 4.74 Å². The van der Waals surface area contributed by atoms with E-state index in [1.54, 1.807) is 18.4 Å². The van der Waals surface area contributed by atoms with Crippen LogP contribution in [0, 0.1) is 0 Å². The molecule has 0 unspecified atom stereocenters. The molecule has 0 spiro atoms. The van der Waals surface area contributed by atoms with Gasteiger partial charge >= 0.3 is 0 Å². The highest BCUT2D eigenvalue weighted by Crippen LogP contribution is 2.39. The predicted octanol–water partition coefficient (Wildman–Crippen LogP) is 3.13. The molecule has 1 aromatic rings. The molecule has 0 amide bonds. The Balaban J connectivity index is 2.95. The van der Waals surface area contributed by atoms with Crippen LogP contribution in [0.2, 0.25) is 0 Å². The number of thiophene rings is 1. The zero-order valence-electron chi connectivity index (χ0n) is 9.92. The fourth-order valence-corrected chi connectivity index (χ4v) is 2.46. The molecule has 1 aromatic heterocycles. The highest BCUT2D eigenvalue weighted by Gasteiger charge is 2.23. The average Bonchev–Trinajstić information content (AvgIpc) is 2.56. The van der Waals surface area contributed by atoms with Gasteiger partial charge in [-0.05, 0) is 5.41 Å². The van der Waals surface area contributed by atoms with Crippen molar-refractivity contribution in [3.63, 3.8) is 0 Å². The summed E-state index contributed by atoms with van der Waals surface area (Å²) in [6, 6.07) is 0. The lowest BCUT2D eigenvalue weighted by Crippen LogP contribution is -2.10. The Kier molecular flexibility index (Phi) is 4.13. The van der Waals surface area contributed by atoms with E-state index in [2.05, 4.69) is 31.0 Å². The van der Waals surface area contributed by atoms with E-state index in [0.717, 1.165) is 11.3 Å². The molecule has 3 nitrogen and oxygen atoms in total. The van der Waals surface area contributed by atoms with Gasteiger partial charge in [0.15, 0.2) is 0 Å². The van der Waals surface area contributed by atoms with Gasteiger partial charge in [0.2, 0.25) is 0 Å². The van der Waals surface area contributed by atoms with Crippen LogP contribution in [-0.4, -0.2) is 14.2 Å². The van der Waals surface area contributed by atoms with E-state index in [9.17, 15) is 0 Å². The lowest BCUT2D eigenvalue weighted by molar-refractivity contribution is -0.282. The van der Waals surface area contributed by atoms with Crippen LogP contribution in [0.25, 0.3) is 0 Å². The first-order valence-corrected chi connectivity index (χ1v) is 5.69. The van der Waals surface area contributed by atoms with Crippen molar-refractivity contribution in [3.05, 3.63) is 15.8 Å². The van der Waals surface area contributed by atoms with Gasteiger partial charge in [-0.25, -0.2) is 9.78 Å². The van der Waals surface area contributed by atoms with Crippen LogP contribution in [0.1, 0.15) is 31.2 Å². The third kappa shape index (κ3) is 2.93. The molecule has 0 saturated carbocycles. The minimum absolute atomic E-state index is 0.0985. The number of methoxy groups -OCH3 is 1. The van der Waals surface area contributed by atoms with E-state index in [-0.39, 0.29) is 5.41 Å². The maximum Gasteiger partial charge on any atom is 0.138 e. The lowest BCUT2D eigenvalue weighted by Gasteiger charge is -2.18. The van der Waals surface area contributed by atoms with Gasteiger partial charge in [-0.15, -0.1) is 11.3 Å². The molecule has 0 aliphatic carbocycles. The summed E-state index contributed by atoms with van der Waals surface area (Å²) in [5, 5.41) is 2.05. The van der Waals surface area contributed by atoms with Gasteiger partial charge in [0.05, 0.1) is 19.1 Å². The smallest absolute Gasteiger partial charge is 0.138 e. The first kappa shape index (κ1) is 12.5. The molecule has 15 heavy (non-hydrogen) atoms. The molecule has 4 heteroatoms. The number of ether oxygens (including phenoxy) is 1. The fourth-order valence-electron chi connectivity index (χ4n) is 1.35. The zero-order valence-corrected chi connectivity index (χ0v) is 10.7. The molecule has 0 atom stereocenters. The molecule has 86 valence electrons. The van der Waals surface area contributed by atoms with Gasteiger partial charge in [-0.1, -0.05) is 20.8 Å². The minimum atomic E-state index is 0.0985. The first-order valence-electron chi connectivity index (χ1n) is 4.81. The molecule has 1 heterocycles. The van der Waals surface area contributed by atoms with E-state index in [4.69, 9.17) is 9.62 Å². The SMILES string of the molecule is COOCc1csc(C(C)(C)C)c1OC. The van der Waals surface area contributed by atoms with Crippen molar-refractivity contribution in [2.24, 2.45) is 0 Å². The normalized spacial score (nSPS) is 11.8. The van der Waals surface area contributed by atoms with Gasteiger partial charge in [0, 0.05) is 10.9 Å². The maximum absolute atomic E-state index is 5.41. The molecule has 0 saturated heterocycles. The Morgan fingerprint density at radius 2 is 1.93 bits per heavy atom. The Labute approximate surface area is 94.9 Å². The molecule has 0 radical (unpaired) electrons. The van der Waals surface area contributed by atoms with Crippen LogP contribution in [0.15, 0.2) is 5.38 Å². The molecule has 0 N–H and O–H groups in total. The van der Waals surface area contributed by atoms with Gasteiger partial charge in [0.1, 0.15) is 12.4 Å². The van der Waals surface area contributed by atoms with E-state index in [1.807, 2.05) is 0 Å². The molecule has 0 aliphatic heterocycles. The predicted molar refractivity (Wildman–Crippen MR) is 61.4 cm³/mol. The van der Waals surface area contributed by atoms with Gasteiger partial charge in [-0.3, -0.25) is 0 Å². The summed E-state index contributed by atoms with van der Waals surface area (Å²) in [5.74, 6) is 0.921. The molecule has 0 bridgehead atoms. The zero-order chi connectivity index (χ0) is 11.5. The number of hydrogen-bond acceptors (Lipinski definition) is 4. The fraction of sp³-hybridized carbons (Fsp3) is 0.636. The second kappa shape index (κ2) is 4.96. The maximum atomic E-state index is 5.41. The number of hydrogen-bond donors (Lipinski definition) is 0. The molecule has 1 rings (SSSR count). The van der Waals surface area contributed by atoms with Crippen molar-refractivity contribution >= 4 is 11.3 Å². The second-order valence-electron chi connectivity index (χ2n) is 4.30. The van der Waals surface area contributed by atoms with E-state index in [1.165, 1.54) is 12.0 Å². The highest BCUT2D eigenvalue weighted by molar-refractivity contribution is 7.10. The quantitative estimate of drug-likeness (QED) is 0.587. The Hall–Kier alpha value is -0.580. The van der Waals surface area contributed by atoms with Crippen LogP contribution >= 0.6 is 11.3 Å². The van der Waals surface area contributed by atoms with Crippen molar-refractivity contribution < 1.29 is 14.5 Å². The van der Waals surface area contributed by atoms with E-state index < -0.39 is 0 Å². The molecule has 0 aromatic carbocycles. The Morgan fingerprint density at radius 3 is 2.40 bits per heavy atom. The van der Waals surface area contributed by atoms with Crippen molar-refractivity contribution in [2.45, 2.75) is 32.8 Å². The highest BCUT2D eigenvalue weighted by atomic mass is 32.1. The summed E-state index contributed by atoms with van der Waals surface area (Å²) in [4.78, 5) is 10.7. The van der Waals surface area contributed by atoms with E-state index >= 15 is 0 Å². The summed E-state index contributed by atoms with van der Waals surface area (Å²) in [5.41, 5.74) is 1.13. The molecular formula is C11H18O3S. The van der Waals surface area contributed by atoms with Crippen molar-refractivity contribution in [1.82, 2.24) is 0 Å². The standard InChI is InChI=1S/C11H18O3S/c1-11(2,3)10-9(12-4)8(7-15-10)6-14-13-5/h7H,6H2,1-5H3. The van der Waals surface area contributed by atoms with E-state index in [0.29, 0.717) is 6.61 Å². The van der Waals surface area contributed by atoms with Crippen LogP contribution in [0.5, 0.6) is 5.75 Å². The molecular weight excluding hydrogens is 212 g/mol. The van der Waals surface area contributed by atoms with Crippen molar-refractivity contribution in [2.75, 3.05) is 14.2 Å². The summed E-state index contributed by atoms with van der Waals surface area (Å²) in [6.45, 7) is 6.93. The van der Waals surface area contributed by atoms with Gasteiger partial charge in [-0.2, -0.15) is 0 Å². The topological polar surface area (TPSA) is 27.7 Å². The molecule has 0 fully saturated rings. The first-order chi connectivity index (χ1) is 7.00. The molecule has 0 aliphatic rings. The third-order valence-electron chi connectivity index (χ3n) is 2.03. The lowest BCUT2D eigenvalue weighted by atomic mass is 9.93. The Morgan fingerprint density at radius 1 is 1.27 bits per heavy atom. The van der Waals surface area contributed by atoms with Gasteiger partial charge < -0.3 is 4.74 Å². The van der Waals surface area contributed by atoms with Crippen LogP contribution in [0.3, 0.4) is 0 Å². The largest absolute Gasteiger partial charge is 0.495 e. The number of rotatable bonds is 4. The second-order valence-corrected chi connectivity index (χ2v) is 5.18. The summed E-state index contributed by atoms with van der Waals surface area (Å²) in [6.07, 6.45) is 0. The third-order valence-corrected chi connectivity index (χ3v) is 3.47.